The van der Waals surface area contributed by atoms with Crippen molar-refractivity contribution in [3.8, 4) is 39.7 Å². The first-order valence-corrected chi connectivity index (χ1v) is 15.0. The molecule has 0 radical (unpaired) electrons. The molecule has 0 unspecified atom stereocenters. The molecule has 11 heteroatoms. The third-order valence-electron chi connectivity index (χ3n) is 7.24. The zero-order valence-electron chi connectivity index (χ0n) is 23.6. The molecule has 0 spiro atoms. The Kier molecular flexibility index (Phi) is 6.89. The Hall–Kier alpha value is -5.16. The van der Waals surface area contributed by atoms with E-state index in [0.29, 0.717) is 56.1 Å². The van der Waals surface area contributed by atoms with Crippen LogP contribution in [-0.2, 0) is 10.0 Å². The fourth-order valence-corrected chi connectivity index (χ4v) is 5.50. The maximum absolute atomic E-state index is 13.7. The number of nitrogens with zero attached hydrogens (tertiary/aromatic N) is 2. The number of furan rings is 1. The molecule has 0 fully saturated rings. The SMILES string of the molecule is CNC(=O)c1c(-c2ccc(F)cc2)oc2cc(N(C)S(C)(=O)=O)c(-c3ccc(OC)c(-c4nc5ccccc5o4)c3)cc12. The summed E-state index contributed by atoms with van der Waals surface area (Å²) in [6, 6.07) is 21.5. The molecule has 1 amide bonds. The molecular formula is C32H26FN3O6S. The number of nitrogens with one attached hydrogen (secondary N) is 1. The number of para-hydroxylation sites is 2. The first-order chi connectivity index (χ1) is 20.6. The Labute approximate surface area is 246 Å². The van der Waals surface area contributed by atoms with Gasteiger partial charge in [0.1, 0.15) is 28.4 Å². The van der Waals surface area contributed by atoms with Crippen molar-refractivity contribution >= 4 is 43.7 Å². The average molecular weight is 600 g/mol. The van der Waals surface area contributed by atoms with Crippen molar-refractivity contribution in [3.63, 3.8) is 0 Å². The minimum absolute atomic E-state index is 0.223. The van der Waals surface area contributed by atoms with Gasteiger partial charge in [-0.2, -0.15) is 0 Å². The van der Waals surface area contributed by atoms with E-state index in [1.54, 1.807) is 30.3 Å². The molecule has 6 rings (SSSR count). The van der Waals surface area contributed by atoms with Crippen LogP contribution >= 0.6 is 0 Å². The second kappa shape index (κ2) is 10.6. The van der Waals surface area contributed by atoms with Crippen LogP contribution in [0.25, 0.3) is 56.0 Å². The van der Waals surface area contributed by atoms with Gasteiger partial charge >= 0.3 is 0 Å². The number of benzene rings is 4. The molecule has 0 aliphatic rings. The van der Waals surface area contributed by atoms with Gasteiger partial charge in [-0.15, -0.1) is 0 Å². The third kappa shape index (κ3) is 4.97. The molecule has 0 saturated heterocycles. The molecule has 4 aromatic carbocycles. The number of carbonyl (C=O) groups excluding carboxylic acids is 1. The van der Waals surface area contributed by atoms with E-state index >= 15 is 0 Å². The number of aromatic nitrogens is 1. The molecule has 0 bridgehead atoms. The van der Waals surface area contributed by atoms with Gasteiger partial charge in [0.25, 0.3) is 5.91 Å². The normalized spacial score (nSPS) is 11.7. The van der Waals surface area contributed by atoms with Gasteiger partial charge in [-0.25, -0.2) is 17.8 Å². The number of rotatable bonds is 7. The average Bonchev–Trinajstić information content (AvgIpc) is 3.61. The Morgan fingerprint density at radius 1 is 0.930 bits per heavy atom. The number of halogens is 1. The molecule has 0 aliphatic carbocycles. The van der Waals surface area contributed by atoms with Crippen molar-refractivity contribution in [1.29, 1.82) is 0 Å². The van der Waals surface area contributed by atoms with E-state index in [1.165, 1.54) is 45.5 Å². The quantitative estimate of drug-likeness (QED) is 0.223. The molecule has 6 aromatic rings. The number of methoxy groups -OCH3 is 1. The van der Waals surface area contributed by atoms with Gasteiger partial charge in [-0.05, 0) is 60.2 Å². The third-order valence-corrected chi connectivity index (χ3v) is 8.43. The number of anilines is 1. The van der Waals surface area contributed by atoms with Crippen LogP contribution in [0.15, 0.2) is 87.7 Å². The molecule has 9 nitrogen and oxygen atoms in total. The number of hydrogen-bond acceptors (Lipinski definition) is 7. The van der Waals surface area contributed by atoms with Crippen LogP contribution in [0.2, 0.25) is 0 Å². The van der Waals surface area contributed by atoms with E-state index in [1.807, 2.05) is 24.3 Å². The maximum atomic E-state index is 13.7. The Balaban J connectivity index is 1.64. The lowest BCUT2D eigenvalue weighted by Gasteiger charge is -2.21. The van der Waals surface area contributed by atoms with Crippen LogP contribution in [0.3, 0.4) is 0 Å². The molecule has 0 atom stereocenters. The summed E-state index contributed by atoms with van der Waals surface area (Å²) in [7, 11) is 0.760. The topological polar surface area (TPSA) is 115 Å². The van der Waals surface area contributed by atoms with Gasteiger partial charge in [0.05, 0.1) is 30.2 Å². The minimum atomic E-state index is -3.71. The molecule has 218 valence electrons. The van der Waals surface area contributed by atoms with E-state index in [4.69, 9.17) is 13.6 Å². The number of fused-ring (bicyclic) bond motifs is 2. The summed E-state index contributed by atoms with van der Waals surface area (Å²) in [5.74, 6) is 0.195. The highest BCUT2D eigenvalue weighted by atomic mass is 32.2. The summed E-state index contributed by atoms with van der Waals surface area (Å²) in [6.45, 7) is 0. The van der Waals surface area contributed by atoms with E-state index in [9.17, 15) is 17.6 Å². The molecule has 0 saturated carbocycles. The maximum Gasteiger partial charge on any atom is 0.255 e. The lowest BCUT2D eigenvalue weighted by molar-refractivity contribution is 0.0964. The standard InChI is InChI=1S/C32H26FN3O6S/c1-34-31(37)29-22-16-21(19-11-14-26(40-3)23(15-19)32-35-24-7-5-6-8-27(24)42-32)25(36(2)43(4,38)39)17-28(22)41-30(29)18-9-12-20(33)13-10-18/h5-17H,1-4H3,(H,34,37). The molecular weight excluding hydrogens is 573 g/mol. The molecule has 1 N–H and O–H groups in total. The summed E-state index contributed by atoms with van der Waals surface area (Å²) in [5.41, 5.74) is 4.23. The predicted molar refractivity (Wildman–Crippen MR) is 163 cm³/mol. The first kappa shape index (κ1) is 28.0. The van der Waals surface area contributed by atoms with Gasteiger partial charge in [-0.3, -0.25) is 9.10 Å². The van der Waals surface area contributed by atoms with Gasteiger partial charge < -0.3 is 18.9 Å². The number of amides is 1. The number of oxazole rings is 1. The van der Waals surface area contributed by atoms with Crippen molar-refractivity contribution < 1.29 is 31.2 Å². The van der Waals surface area contributed by atoms with Crippen molar-refractivity contribution in [2.45, 2.75) is 0 Å². The van der Waals surface area contributed by atoms with E-state index in [0.717, 1.165) is 10.6 Å². The minimum Gasteiger partial charge on any atom is -0.496 e. The fraction of sp³-hybridized carbons (Fsp3) is 0.125. The van der Waals surface area contributed by atoms with Crippen molar-refractivity contribution in [2.75, 3.05) is 31.8 Å². The van der Waals surface area contributed by atoms with Crippen LogP contribution in [-0.4, -0.2) is 46.8 Å². The number of ether oxygens (including phenoxy) is 1. The van der Waals surface area contributed by atoms with Crippen molar-refractivity contribution in [1.82, 2.24) is 10.3 Å². The second-order valence-electron chi connectivity index (χ2n) is 9.89. The lowest BCUT2D eigenvalue weighted by Crippen LogP contribution is -2.25. The van der Waals surface area contributed by atoms with Gasteiger partial charge in [-0.1, -0.05) is 18.2 Å². The Morgan fingerprint density at radius 3 is 2.33 bits per heavy atom. The number of carbonyl (C=O) groups is 1. The van der Waals surface area contributed by atoms with E-state index in [2.05, 4.69) is 10.3 Å². The lowest BCUT2D eigenvalue weighted by atomic mass is 9.97. The van der Waals surface area contributed by atoms with Gasteiger partial charge in [0, 0.05) is 36.7 Å². The fourth-order valence-electron chi connectivity index (χ4n) is 4.99. The highest BCUT2D eigenvalue weighted by molar-refractivity contribution is 7.92. The zero-order valence-corrected chi connectivity index (χ0v) is 24.5. The molecule has 2 heterocycles. The summed E-state index contributed by atoms with van der Waals surface area (Å²) in [5, 5.41) is 3.09. The van der Waals surface area contributed by atoms with Crippen LogP contribution in [0, 0.1) is 5.82 Å². The van der Waals surface area contributed by atoms with Crippen LogP contribution in [0.4, 0.5) is 10.1 Å². The summed E-state index contributed by atoms with van der Waals surface area (Å²) in [6.07, 6.45) is 1.10. The van der Waals surface area contributed by atoms with Crippen LogP contribution < -0.4 is 14.4 Å². The van der Waals surface area contributed by atoms with Crippen LogP contribution in [0.1, 0.15) is 10.4 Å². The zero-order chi connectivity index (χ0) is 30.5. The number of hydrogen-bond donors (Lipinski definition) is 1. The first-order valence-electron chi connectivity index (χ1n) is 13.2. The summed E-state index contributed by atoms with van der Waals surface area (Å²) >= 11 is 0. The Morgan fingerprint density at radius 2 is 1.65 bits per heavy atom. The number of sulfonamides is 1. The molecule has 2 aromatic heterocycles. The summed E-state index contributed by atoms with van der Waals surface area (Å²) in [4.78, 5) is 17.8. The van der Waals surface area contributed by atoms with Crippen LogP contribution in [0.5, 0.6) is 5.75 Å². The predicted octanol–water partition coefficient (Wildman–Crippen LogP) is 6.48. The molecule has 0 aliphatic heterocycles. The summed E-state index contributed by atoms with van der Waals surface area (Å²) < 4.78 is 58.2. The highest BCUT2D eigenvalue weighted by Gasteiger charge is 2.26. The second-order valence-corrected chi connectivity index (χ2v) is 11.9. The molecule has 43 heavy (non-hydrogen) atoms. The monoisotopic (exact) mass is 599 g/mol. The van der Waals surface area contributed by atoms with E-state index < -0.39 is 21.7 Å². The highest BCUT2D eigenvalue weighted by Crippen LogP contribution is 2.43. The van der Waals surface area contributed by atoms with E-state index in [-0.39, 0.29) is 16.9 Å². The van der Waals surface area contributed by atoms with Gasteiger partial charge in [0.2, 0.25) is 15.9 Å². The van der Waals surface area contributed by atoms with Crippen molar-refractivity contribution in [3.05, 3.63) is 90.2 Å². The Bertz CT molecular complexity index is 2100. The van der Waals surface area contributed by atoms with Gasteiger partial charge in [0.15, 0.2) is 5.58 Å². The largest absolute Gasteiger partial charge is 0.496 e. The van der Waals surface area contributed by atoms with Crippen molar-refractivity contribution in [2.24, 2.45) is 0 Å². The smallest absolute Gasteiger partial charge is 0.255 e.